The lowest BCUT2D eigenvalue weighted by molar-refractivity contribution is 0.355. The molecule has 0 saturated heterocycles. The van der Waals surface area contributed by atoms with Gasteiger partial charge in [0.25, 0.3) is 0 Å². The largest absolute Gasteiger partial charge is 0.504 e. The van der Waals surface area contributed by atoms with E-state index in [0.29, 0.717) is 17.2 Å². The predicted molar refractivity (Wildman–Crippen MR) is 118 cm³/mol. The molecule has 30 heavy (non-hydrogen) atoms. The maximum Gasteiger partial charge on any atom is 0.161 e. The molecule has 6 heteroatoms. The van der Waals surface area contributed by atoms with Gasteiger partial charge >= 0.3 is 0 Å². The van der Waals surface area contributed by atoms with Crippen molar-refractivity contribution < 1.29 is 19.3 Å². The minimum Gasteiger partial charge on any atom is -0.504 e. The molecule has 0 bridgehead atoms. The average molecular weight is 402 g/mol. The van der Waals surface area contributed by atoms with E-state index in [9.17, 15) is 5.11 Å². The Labute approximate surface area is 174 Å². The van der Waals surface area contributed by atoms with Gasteiger partial charge in [-0.15, -0.1) is 0 Å². The molecule has 0 unspecified atom stereocenters. The summed E-state index contributed by atoms with van der Waals surface area (Å²) < 4.78 is 15.8. The number of nitrogens with one attached hydrogen (secondary N) is 1. The Kier molecular flexibility index (Phi) is 5.30. The van der Waals surface area contributed by atoms with Gasteiger partial charge in [0.2, 0.25) is 0 Å². The molecule has 4 aromatic rings. The van der Waals surface area contributed by atoms with Crippen molar-refractivity contribution in [2.24, 2.45) is 0 Å². The summed E-state index contributed by atoms with van der Waals surface area (Å²) in [5, 5.41) is 18.3. The van der Waals surface area contributed by atoms with Crippen LogP contribution in [0.2, 0.25) is 0 Å². The Morgan fingerprint density at radius 2 is 1.50 bits per heavy atom. The van der Waals surface area contributed by atoms with Gasteiger partial charge in [-0.2, -0.15) is 5.10 Å². The first kappa shape index (κ1) is 19.4. The van der Waals surface area contributed by atoms with Crippen LogP contribution >= 0.6 is 0 Å². The van der Waals surface area contributed by atoms with Crippen LogP contribution in [-0.2, 0) is 0 Å². The molecule has 0 aliphatic carbocycles. The number of nitrogens with zero attached hydrogens (tertiary/aromatic N) is 1. The first-order valence-corrected chi connectivity index (χ1v) is 9.38. The highest BCUT2D eigenvalue weighted by Gasteiger charge is 2.09. The van der Waals surface area contributed by atoms with E-state index in [0.717, 1.165) is 33.3 Å². The second kappa shape index (κ2) is 8.21. The van der Waals surface area contributed by atoms with Gasteiger partial charge < -0.3 is 19.3 Å². The first-order valence-electron chi connectivity index (χ1n) is 9.38. The summed E-state index contributed by atoms with van der Waals surface area (Å²) >= 11 is 0. The quantitative estimate of drug-likeness (QED) is 0.467. The highest BCUT2D eigenvalue weighted by molar-refractivity contribution is 5.92. The molecule has 0 atom stereocenters. The maximum absolute atomic E-state index is 9.81. The normalized spacial score (nSPS) is 11.2. The molecule has 2 N–H and O–H groups in total. The third-order valence-corrected chi connectivity index (χ3v) is 4.95. The van der Waals surface area contributed by atoms with Crippen molar-refractivity contribution in [3.8, 4) is 34.1 Å². The Hall–Kier alpha value is -3.93. The smallest absolute Gasteiger partial charge is 0.161 e. The molecule has 152 valence electrons. The number of phenolic OH excluding ortho intramolecular Hbond substituents is 1. The zero-order valence-corrected chi connectivity index (χ0v) is 17.0. The third-order valence-electron chi connectivity index (χ3n) is 4.95. The van der Waals surface area contributed by atoms with Crippen LogP contribution in [-0.4, -0.2) is 36.6 Å². The number of H-pyrrole nitrogens is 1. The van der Waals surface area contributed by atoms with E-state index in [1.54, 1.807) is 20.3 Å². The number of ether oxygens (including phenoxy) is 3. The Morgan fingerprint density at radius 1 is 0.767 bits per heavy atom. The summed E-state index contributed by atoms with van der Waals surface area (Å²) in [6, 6.07) is 17.1. The minimum absolute atomic E-state index is 0.117. The van der Waals surface area contributed by atoms with Crippen molar-refractivity contribution in [1.29, 1.82) is 0 Å². The molecule has 0 fully saturated rings. The van der Waals surface area contributed by atoms with E-state index in [4.69, 9.17) is 14.2 Å². The van der Waals surface area contributed by atoms with Gasteiger partial charge in [0.1, 0.15) is 0 Å². The number of aromatic amines is 1. The molecule has 1 heterocycles. The van der Waals surface area contributed by atoms with Crippen molar-refractivity contribution in [2.75, 3.05) is 21.3 Å². The maximum atomic E-state index is 9.81. The van der Waals surface area contributed by atoms with Crippen molar-refractivity contribution in [2.45, 2.75) is 0 Å². The van der Waals surface area contributed by atoms with E-state index in [2.05, 4.69) is 10.2 Å². The van der Waals surface area contributed by atoms with Gasteiger partial charge in [-0.05, 0) is 59.2 Å². The average Bonchev–Trinajstić information content (AvgIpc) is 3.20. The van der Waals surface area contributed by atoms with E-state index in [1.165, 1.54) is 7.11 Å². The van der Waals surface area contributed by atoms with Crippen LogP contribution in [0.3, 0.4) is 0 Å². The van der Waals surface area contributed by atoms with Crippen LogP contribution in [0.5, 0.6) is 23.0 Å². The SMILES string of the molecule is COc1cc(-c2ccc3c(C=Cc4ccc(OC)c(OC)c4)n[nH]c3c2)ccc1O. The van der Waals surface area contributed by atoms with Crippen LogP contribution < -0.4 is 14.2 Å². The fraction of sp³-hybridized carbons (Fsp3) is 0.125. The number of phenols is 1. The van der Waals surface area contributed by atoms with Crippen LogP contribution in [0.4, 0.5) is 0 Å². The van der Waals surface area contributed by atoms with Crippen molar-refractivity contribution in [1.82, 2.24) is 10.2 Å². The molecule has 0 amide bonds. The zero-order chi connectivity index (χ0) is 21.1. The molecule has 0 saturated carbocycles. The summed E-state index contributed by atoms with van der Waals surface area (Å²) in [6.07, 6.45) is 3.94. The molecule has 6 nitrogen and oxygen atoms in total. The van der Waals surface area contributed by atoms with Gasteiger partial charge in [0, 0.05) is 5.39 Å². The molecule has 0 aliphatic rings. The molecular weight excluding hydrogens is 380 g/mol. The number of fused-ring (bicyclic) bond motifs is 1. The van der Waals surface area contributed by atoms with Gasteiger partial charge in [0.05, 0.1) is 32.5 Å². The topological polar surface area (TPSA) is 76.6 Å². The lowest BCUT2D eigenvalue weighted by Gasteiger charge is -2.07. The lowest BCUT2D eigenvalue weighted by Crippen LogP contribution is -1.90. The van der Waals surface area contributed by atoms with E-state index >= 15 is 0 Å². The van der Waals surface area contributed by atoms with E-state index in [1.807, 2.05) is 60.7 Å². The summed E-state index contributed by atoms with van der Waals surface area (Å²) in [5.74, 6) is 1.93. The second-order valence-electron chi connectivity index (χ2n) is 6.70. The number of benzene rings is 3. The summed E-state index contributed by atoms with van der Waals surface area (Å²) in [7, 11) is 4.77. The molecular formula is C24H22N2O4. The second-order valence-corrected chi connectivity index (χ2v) is 6.70. The van der Waals surface area contributed by atoms with Gasteiger partial charge in [-0.1, -0.05) is 24.3 Å². The third kappa shape index (κ3) is 3.67. The standard InChI is InChI=1S/C24H22N2O4/c1-28-22-11-5-15(12-24(22)30-3)4-9-19-18-8-6-16(13-20(18)26-25-19)17-7-10-21(27)23(14-17)29-2/h4-14,27H,1-3H3,(H,25,26). The van der Waals surface area contributed by atoms with E-state index < -0.39 is 0 Å². The number of hydrogen-bond acceptors (Lipinski definition) is 5. The number of aromatic nitrogens is 2. The Morgan fingerprint density at radius 3 is 2.27 bits per heavy atom. The Bertz CT molecular complexity index is 1230. The zero-order valence-electron chi connectivity index (χ0n) is 17.0. The molecule has 4 rings (SSSR count). The molecule has 0 radical (unpaired) electrons. The van der Waals surface area contributed by atoms with Crippen molar-refractivity contribution in [3.63, 3.8) is 0 Å². The Balaban J connectivity index is 1.64. The monoisotopic (exact) mass is 402 g/mol. The van der Waals surface area contributed by atoms with Crippen molar-refractivity contribution >= 4 is 23.1 Å². The summed E-state index contributed by atoms with van der Waals surface area (Å²) in [6.45, 7) is 0. The summed E-state index contributed by atoms with van der Waals surface area (Å²) in [5.41, 5.74) is 4.70. The number of hydrogen-bond donors (Lipinski definition) is 2. The molecule has 0 aliphatic heterocycles. The van der Waals surface area contributed by atoms with Crippen LogP contribution in [0.25, 0.3) is 34.2 Å². The van der Waals surface area contributed by atoms with Crippen LogP contribution in [0, 0.1) is 0 Å². The van der Waals surface area contributed by atoms with Crippen LogP contribution in [0.1, 0.15) is 11.3 Å². The predicted octanol–water partition coefficient (Wildman–Crippen LogP) is 5.13. The summed E-state index contributed by atoms with van der Waals surface area (Å²) in [4.78, 5) is 0. The fourth-order valence-electron chi connectivity index (χ4n) is 3.34. The van der Waals surface area contributed by atoms with Gasteiger partial charge in [-0.25, -0.2) is 0 Å². The lowest BCUT2D eigenvalue weighted by atomic mass is 10.0. The highest BCUT2D eigenvalue weighted by atomic mass is 16.5. The number of methoxy groups -OCH3 is 3. The van der Waals surface area contributed by atoms with Gasteiger partial charge in [0.15, 0.2) is 23.0 Å². The fourth-order valence-corrected chi connectivity index (χ4v) is 3.34. The molecule has 0 spiro atoms. The van der Waals surface area contributed by atoms with Crippen molar-refractivity contribution in [3.05, 3.63) is 65.9 Å². The first-order chi connectivity index (χ1) is 14.6. The van der Waals surface area contributed by atoms with Gasteiger partial charge in [-0.3, -0.25) is 5.10 Å². The van der Waals surface area contributed by atoms with Crippen LogP contribution in [0.15, 0.2) is 54.6 Å². The minimum atomic E-state index is 0.117. The highest BCUT2D eigenvalue weighted by Crippen LogP contribution is 2.33. The number of rotatable bonds is 6. The van der Waals surface area contributed by atoms with E-state index in [-0.39, 0.29) is 5.75 Å². The molecule has 3 aromatic carbocycles. The molecule has 1 aromatic heterocycles. The number of aromatic hydroxyl groups is 1.